The summed E-state index contributed by atoms with van der Waals surface area (Å²) in [6, 6.07) is 8.36. The van der Waals surface area contributed by atoms with E-state index in [-0.39, 0.29) is 12.0 Å². The first kappa shape index (κ1) is 21.6. The standard InChI is InChI=1S/C23H27N3O3.CH4O/c1-3-15-11-20-21(12-25(2)23(20)27)24-22(15)26-8-6-18(7-9-26)29-19-5-4-16-13-28-14-17(16)10-19;1-2/h4-5,10-11,18H,3,6-9,12-14H2,1-2H3;2H,1H3. The highest BCUT2D eigenvalue weighted by atomic mass is 16.5. The molecular weight excluding hydrogens is 394 g/mol. The van der Waals surface area contributed by atoms with Gasteiger partial charge in [-0.05, 0) is 41.3 Å². The highest BCUT2D eigenvalue weighted by Gasteiger charge is 2.30. The number of hydrogen-bond donors (Lipinski definition) is 1. The number of carbonyl (C=O) groups excluding carboxylic acids is 1. The second kappa shape index (κ2) is 9.24. The van der Waals surface area contributed by atoms with E-state index in [9.17, 15) is 4.79 Å². The Bertz CT molecular complexity index is 954. The molecule has 1 fully saturated rings. The quantitative estimate of drug-likeness (QED) is 0.812. The predicted octanol–water partition coefficient (Wildman–Crippen LogP) is 2.92. The number of anilines is 1. The van der Waals surface area contributed by atoms with Crippen molar-refractivity contribution in [3.63, 3.8) is 0 Å². The summed E-state index contributed by atoms with van der Waals surface area (Å²) in [5.41, 5.74) is 5.35. The third kappa shape index (κ3) is 4.25. The van der Waals surface area contributed by atoms with Crippen molar-refractivity contribution in [1.82, 2.24) is 9.88 Å². The number of pyridine rings is 1. The normalized spacial score (nSPS) is 17.9. The molecule has 0 spiro atoms. The monoisotopic (exact) mass is 425 g/mol. The van der Waals surface area contributed by atoms with Crippen LogP contribution in [0.2, 0.25) is 0 Å². The fraction of sp³-hybridized carbons (Fsp3) is 0.500. The topological polar surface area (TPSA) is 75.1 Å². The molecule has 5 rings (SSSR count). The number of benzene rings is 1. The van der Waals surface area contributed by atoms with Crippen molar-refractivity contribution in [2.45, 2.75) is 52.0 Å². The van der Waals surface area contributed by atoms with E-state index < -0.39 is 0 Å². The minimum Gasteiger partial charge on any atom is -0.490 e. The number of amides is 1. The van der Waals surface area contributed by atoms with Gasteiger partial charge in [-0.1, -0.05) is 13.0 Å². The van der Waals surface area contributed by atoms with Crippen molar-refractivity contribution in [3.8, 4) is 5.75 Å². The number of rotatable bonds is 4. The molecule has 3 aliphatic heterocycles. The summed E-state index contributed by atoms with van der Waals surface area (Å²) in [7, 11) is 2.84. The van der Waals surface area contributed by atoms with Crippen LogP contribution in [-0.2, 0) is 30.9 Å². The fourth-order valence-corrected chi connectivity index (χ4v) is 4.52. The van der Waals surface area contributed by atoms with E-state index in [1.807, 2.05) is 7.05 Å². The minimum absolute atomic E-state index is 0.0839. The van der Waals surface area contributed by atoms with Gasteiger partial charge in [0.25, 0.3) is 5.91 Å². The molecule has 0 unspecified atom stereocenters. The summed E-state index contributed by atoms with van der Waals surface area (Å²) in [5, 5.41) is 7.00. The Kier molecular flexibility index (Phi) is 6.43. The highest BCUT2D eigenvalue weighted by Crippen LogP contribution is 2.31. The van der Waals surface area contributed by atoms with Gasteiger partial charge in [-0.25, -0.2) is 4.98 Å². The number of carbonyl (C=O) groups is 1. The van der Waals surface area contributed by atoms with E-state index in [1.165, 1.54) is 11.1 Å². The van der Waals surface area contributed by atoms with E-state index in [0.29, 0.717) is 19.8 Å². The van der Waals surface area contributed by atoms with Gasteiger partial charge in [-0.3, -0.25) is 4.79 Å². The number of aliphatic hydroxyl groups excluding tert-OH is 1. The van der Waals surface area contributed by atoms with Gasteiger partial charge >= 0.3 is 0 Å². The van der Waals surface area contributed by atoms with Crippen LogP contribution in [0.3, 0.4) is 0 Å². The van der Waals surface area contributed by atoms with Crippen LogP contribution in [0, 0.1) is 0 Å². The van der Waals surface area contributed by atoms with Gasteiger partial charge in [0.05, 0.1) is 31.0 Å². The number of hydrogen-bond acceptors (Lipinski definition) is 6. The first-order valence-electron chi connectivity index (χ1n) is 11.0. The Morgan fingerprint density at radius 1 is 1.16 bits per heavy atom. The van der Waals surface area contributed by atoms with Crippen molar-refractivity contribution < 1.29 is 19.4 Å². The average Bonchev–Trinajstić information content (AvgIpc) is 3.38. The number of ether oxygens (including phenoxy) is 2. The number of aromatic nitrogens is 1. The number of aliphatic hydroxyl groups is 1. The molecule has 7 nitrogen and oxygen atoms in total. The smallest absolute Gasteiger partial charge is 0.255 e. The molecular formula is C24H31N3O4. The summed E-state index contributed by atoms with van der Waals surface area (Å²) in [6.07, 6.45) is 3.03. The molecule has 1 N–H and O–H groups in total. The molecule has 31 heavy (non-hydrogen) atoms. The molecule has 166 valence electrons. The lowest BCUT2D eigenvalue weighted by Crippen LogP contribution is -2.39. The molecule has 1 aromatic heterocycles. The predicted molar refractivity (Wildman–Crippen MR) is 118 cm³/mol. The molecule has 0 aliphatic carbocycles. The lowest BCUT2D eigenvalue weighted by molar-refractivity contribution is 0.0816. The van der Waals surface area contributed by atoms with Gasteiger partial charge < -0.3 is 24.4 Å². The lowest BCUT2D eigenvalue weighted by atomic mass is 10.0. The van der Waals surface area contributed by atoms with Crippen LogP contribution in [-0.4, -0.2) is 54.2 Å². The lowest BCUT2D eigenvalue weighted by Gasteiger charge is -2.34. The summed E-state index contributed by atoms with van der Waals surface area (Å²) in [5.74, 6) is 2.07. The van der Waals surface area contributed by atoms with E-state index in [1.54, 1.807) is 4.90 Å². The molecule has 0 bridgehead atoms. The number of fused-ring (bicyclic) bond motifs is 2. The first-order chi connectivity index (χ1) is 15.1. The van der Waals surface area contributed by atoms with Gasteiger partial charge in [0.1, 0.15) is 17.7 Å². The van der Waals surface area contributed by atoms with Gasteiger partial charge in [-0.15, -0.1) is 0 Å². The SMILES string of the molecule is CCc1cc2c(nc1N1CCC(Oc3ccc4c(c3)COC4)CC1)CN(C)C2=O.CO. The van der Waals surface area contributed by atoms with Crippen LogP contribution in [0.25, 0.3) is 0 Å². The van der Waals surface area contributed by atoms with E-state index in [2.05, 4.69) is 36.1 Å². The largest absolute Gasteiger partial charge is 0.490 e. The molecule has 7 heteroatoms. The van der Waals surface area contributed by atoms with Crippen LogP contribution in [0.15, 0.2) is 24.3 Å². The Morgan fingerprint density at radius 3 is 2.65 bits per heavy atom. The second-order valence-electron chi connectivity index (χ2n) is 8.21. The fourth-order valence-electron chi connectivity index (χ4n) is 4.52. The second-order valence-corrected chi connectivity index (χ2v) is 8.21. The third-order valence-corrected chi connectivity index (χ3v) is 6.24. The van der Waals surface area contributed by atoms with Crippen LogP contribution in [0.4, 0.5) is 5.82 Å². The van der Waals surface area contributed by atoms with Crippen LogP contribution in [0.5, 0.6) is 5.75 Å². The summed E-state index contributed by atoms with van der Waals surface area (Å²) >= 11 is 0. The van der Waals surface area contributed by atoms with Crippen molar-refractivity contribution in [2.24, 2.45) is 0 Å². The van der Waals surface area contributed by atoms with Gasteiger partial charge in [0, 0.05) is 40.1 Å². The maximum atomic E-state index is 12.3. The van der Waals surface area contributed by atoms with E-state index in [4.69, 9.17) is 19.6 Å². The third-order valence-electron chi connectivity index (χ3n) is 6.24. The van der Waals surface area contributed by atoms with Crippen molar-refractivity contribution in [2.75, 3.05) is 32.1 Å². The van der Waals surface area contributed by atoms with Gasteiger partial charge in [-0.2, -0.15) is 0 Å². The zero-order valence-electron chi connectivity index (χ0n) is 18.6. The van der Waals surface area contributed by atoms with Crippen molar-refractivity contribution in [3.05, 3.63) is 52.2 Å². The zero-order chi connectivity index (χ0) is 22.0. The molecule has 4 heterocycles. The summed E-state index contributed by atoms with van der Waals surface area (Å²) < 4.78 is 11.8. The molecule has 1 saturated heterocycles. The molecule has 1 amide bonds. The molecule has 1 aromatic carbocycles. The molecule has 2 aromatic rings. The van der Waals surface area contributed by atoms with Crippen molar-refractivity contribution >= 4 is 11.7 Å². The van der Waals surface area contributed by atoms with Crippen LogP contribution >= 0.6 is 0 Å². The van der Waals surface area contributed by atoms with E-state index in [0.717, 1.165) is 67.8 Å². The van der Waals surface area contributed by atoms with Crippen LogP contribution in [0.1, 0.15) is 52.5 Å². The maximum absolute atomic E-state index is 12.3. The molecule has 0 radical (unpaired) electrons. The average molecular weight is 426 g/mol. The maximum Gasteiger partial charge on any atom is 0.255 e. The summed E-state index contributed by atoms with van der Waals surface area (Å²) in [6.45, 7) is 5.97. The molecule has 3 aliphatic rings. The number of aryl methyl sites for hydroxylation is 1. The van der Waals surface area contributed by atoms with Crippen molar-refractivity contribution in [1.29, 1.82) is 0 Å². The Morgan fingerprint density at radius 2 is 1.90 bits per heavy atom. The van der Waals surface area contributed by atoms with Crippen LogP contribution < -0.4 is 9.64 Å². The van der Waals surface area contributed by atoms with E-state index >= 15 is 0 Å². The number of piperidine rings is 1. The van der Waals surface area contributed by atoms with Gasteiger partial charge in [0.2, 0.25) is 0 Å². The Labute approximate surface area is 183 Å². The number of nitrogens with zero attached hydrogens (tertiary/aromatic N) is 3. The highest BCUT2D eigenvalue weighted by molar-refractivity contribution is 5.98. The Balaban J connectivity index is 0.00000112. The minimum atomic E-state index is 0.0839. The molecule has 0 atom stereocenters. The summed E-state index contributed by atoms with van der Waals surface area (Å²) in [4.78, 5) is 21.3. The zero-order valence-corrected chi connectivity index (χ0v) is 18.6. The van der Waals surface area contributed by atoms with Gasteiger partial charge in [0.15, 0.2) is 0 Å². The molecule has 0 saturated carbocycles. The Hall–Kier alpha value is -2.64. The first-order valence-corrected chi connectivity index (χ1v) is 11.0.